The van der Waals surface area contributed by atoms with Gasteiger partial charge in [0.15, 0.2) is 0 Å². The fourth-order valence-corrected chi connectivity index (χ4v) is 4.04. The van der Waals surface area contributed by atoms with Crippen LogP contribution in [0.5, 0.6) is 5.75 Å². The third-order valence-corrected chi connectivity index (χ3v) is 5.25. The number of fused-ring (bicyclic) bond motifs is 1. The van der Waals surface area contributed by atoms with Crippen LogP contribution in [-0.2, 0) is 27.0 Å². The molecule has 24 heavy (non-hydrogen) atoms. The molecule has 0 saturated heterocycles. The van der Waals surface area contributed by atoms with Gasteiger partial charge in [0.2, 0.25) is 0 Å². The minimum Gasteiger partial charge on any atom is -0.424 e. The Labute approximate surface area is 140 Å². The smallest absolute Gasteiger partial charge is 0.417 e. The van der Waals surface area contributed by atoms with Crippen molar-refractivity contribution in [3.05, 3.63) is 40.2 Å². The first-order chi connectivity index (χ1) is 11.2. The van der Waals surface area contributed by atoms with Gasteiger partial charge in [-0.05, 0) is 26.0 Å². The highest BCUT2D eigenvalue weighted by molar-refractivity contribution is 8.07. The summed E-state index contributed by atoms with van der Waals surface area (Å²) in [7, 11) is 0. The maximum Gasteiger partial charge on any atom is 0.417 e. The van der Waals surface area contributed by atoms with E-state index in [0.717, 1.165) is 12.1 Å². The fraction of sp³-hybridized carbons (Fsp3) is 0.357. The standard InChI is InChI=1S/C14H14F3O5PS/c1-3-19-23(24,20-4-2)22-9-5-6-10-11(14(15,16)17)8-13(18)21-12(10)7-9/h5-8H,3-4H2,1-2H3. The summed E-state index contributed by atoms with van der Waals surface area (Å²) >= 11 is 5.19. The number of hydrogen-bond acceptors (Lipinski definition) is 6. The van der Waals surface area contributed by atoms with Crippen molar-refractivity contribution in [2.45, 2.75) is 20.0 Å². The molecule has 10 heteroatoms. The third kappa shape index (κ3) is 4.36. The van der Waals surface area contributed by atoms with Crippen LogP contribution >= 0.6 is 6.72 Å². The summed E-state index contributed by atoms with van der Waals surface area (Å²) in [6.45, 7) is 0.826. The highest BCUT2D eigenvalue weighted by atomic mass is 32.5. The van der Waals surface area contributed by atoms with Crippen LogP contribution in [0.1, 0.15) is 19.4 Å². The zero-order chi connectivity index (χ0) is 18.0. The van der Waals surface area contributed by atoms with Crippen molar-refractivity contribution in [1.29, 1.82) is 0 Å². The minimum absolute atomic E-state index is 0.0928. The fourth-order valence-electron chi connectivity index (χ4n) is 1.97. The van der Waals surface area contributed by atoms with E-state index in [1.54, 1.807) is 13.8 Å². The molecule has 1 heterocycles. The molecule has 0 saturated carbocycles. The number of hydrogen-bond donors (Lipinski definition) is 0. The summed E-state index contributed by atoms with van der Waals surface area (Å²) in [4.78, 5) is 11.4. The molecule has 0 spiro atoms. The van der Waals surface area contributed by atoms with Gasteiger partial charge in [0.05, 0.1) is 18.8 Å². The molecule has 0 aliphatic rings. The second-order valence-corrected chi connectivity index (χ2v) is 7.44. The van der Waals surface area contributed by atoms with Gasteiger partial charge in [-0.2, -0.15) is 13.2 Å². The molecule has 0 fully saturated rings. The summed E-state index contributed by atoms with van der Waals surface area (Å²) in [5.74, 6) is 0.0928. The molecule has 2 aromatic rings. The quantitative estimate of drug-likeness (QED) is 0.542. The molecule has 0 unspecified atom stereocenters. The van der Waals surface area contributed by atoms with E-state index in [1.807, 2.05) is 0 Å². The zero-order valence-corrected chi connectivity index (χ0v) is 14.5. The molecule has 132 valence electrons. The van der Waals surface area contributed by atoms with Gasteiger partial charge in [-0.15, -0.1) is 0 Å². The molecule has 1 aromatic heterocycles. The van der Waals surface area contributed by atoms with Gasteiger partial charge in [0.1, 0.15) is 11.3 Å². The Morgan fingerprint density at radius 2 is 1.79 bits per heavy atom. The molecule has 0 aliphatic heterocycles. The first-order valence-corrected chi connectivity index (χ1v) is 9.48. The summed E-state index contributed by atoms with van der Waals surface area (Å²) in [6.07, 6.45) is -4.68. The number of rotatable bonds is 6. The predicted molar refractivity (Wildman–Crippen MR) is 85.7 cm³/mol. The van der Waals surface area contributed by atoms with Crippen molar-refractivity contribution in [3.8, 4) is 5.75 Å². The lowest BCUT2D eigenvalue weighted by Gasteiger charge is -2.21. The lowest BCUT2D eigenvalue weighted by atomic mass is 10.1. The van der Waals surface area contributed by atoms with E-state index in [0.29, 0.717) is 6.07 Å². The monoisotopic (exact) mass is 382 g/mol. The summed E-state index contributed by atoms with van der Waals surface area (Å²) in [5.41, 5.74) is -2.45. The first-order valence-electron chi connectivity index (χ1n) is 6.92. The lowest BCUT2D eigenvalue weighted by Crippen LogP contribution is -2.11. The molecule has 2 rings (SSSR count). The van der Waals surface area contributed by atoms with Gasteiger partial charge < -0.3 is 8.94 Å². The Bertz CT molecular complexity index is 823. The van der Waals surface area contributed by atoms with Crippen LogP contribution in [0.4, 0.5) is 13.2 Å². The highest BCUT2D eigenvalue weighted by Crippen LogP contribution is 2.50. The Hall–Kier alpha value is -1.41. The average molecular weight is 382 g/mol. The van der Waals surface area contributed by atoms with Crippen molar-refractivity contribution in [3.63, 3.8) is 0 Å². The van der Waals surface area contributed by atoms with Crippen molar-refractivity contribution in [1.82, 2.24) is 0 Å². The summed E-state index contributed by atoms with van der Waals surface area (Å²) in [6, 6.07) is 4.00. The normalized spacial score (nSPS) is 12.5. The number of halogens is 3. The van der Waals surface area contributed by atoms with E-state index in [-0.39, 0.29) is 29.9 Å². The van der Waals surface area contributed by atoms with E-state index >= 15 is 0 Å². The average Bonchev–Trinajstić information content (AvgIpc) is 2.45. The Kier molecular flexibility index (Phi) is 5.70. The SMILES string of the molecule is CCOP(=S)(OCC)Oc1ccc2c(C(F)(F)F)cc(=O)oc2c1. The maximum atomic E-state index is 13.0. The van der Waals surface area contributed by atoms with Crippen molar-refractivity contribution >= 4 is 29.5 Å². The van der Waals surface area contributed by atoms with Crippen LogP contribution < -0.4 is 10.1 Å². The van der Waals surface area contributed by atoms with Crippen LogP contribution in [0, 0.1) is 0 Å². The second-order valence-electron chi connectivity index (χ2n) is 4.51. The molecular formula is C14H14F3O5PS. The molecule has 0 aliphatic carbocycles. The van der Waals surface area contributed by atoms with E-state index in [9.17, 15) is 18.0 Å². The Morgan fingerprint density at radius 3 is 2.33 bits per heavy atom. The van der Waals surface area contributed by atoms with Crippen LogP contribution in [0.15, 0.2) is 33.5 Å². The van der Waals surface area contributed by atoms with E-state index in [1.165, 1.54) is 6.07 Å². The molecule has 0 atom stereocenters. The van der Waals surface area contributed by atoms with Crippen molar-refractivity contribution < 1.29 is 31.2 Å². The lowest BCUT2D eigenvalue weighted by molar-refractivity contribution is -0.136. The van der Waals surface area contributed by atoms with Gasteiger partial charge in [0, 0.05) is 29.3 Å². The van der Waals surface area contributed by atoms with Gasteiger partial charge >= 0.3 is 18.5 Å². The largest absolute Gasteiger partial charge is 0.424 e. The first kappa shape index (κ1) is 18.9. The van der Waals surface area contributed by atoms with Crippen LogP contribution in [0.2, 0.25) is 0 Å². The molecule has 0 radical (unpaired) electrons. The molecule has 5 nitrogen and oxygen atoms in total. The molecule has 0 N–H and O–H groups in total. The van der Waals surface area contributed by atoms with E-state index < -0.39 is 24.1 Å². The molecule has 1 aromatic carbocycles. The zero-order valence-electron chi connectivity index (χ0n) is 12.8. The minimum atomic E-state index is -4.68. The maximum absolute atomic E-state index is 13.0. The van der Waals surface area contributed by atoms with Crippen molar-refractivity contribution in [2.24, 2.45) is 0 Å². The van der Waals surface area contributed by atoms with Crippen LogP contribution in [-0.4, -0.2) is 13.2 Å². The van der Waals surface area contributed by atoms with Gasteiger partial charge in [-0.1, -0.05) is 0 Å². The summed E-state index contributed by atoms with van der Waals surface area (Å²) in [5, 5.41) is -0.254. The third-order valence-electron chi connectivity index (χ3n) is 2.81. The number of alkyl halides is 3. The number of benzene rings is 1. The Balaban J connectivity index is 2.49. The van der Waals surface area contributed by atoms with Gasteiger partial charge in [-0.25, -0.2) is 4.79 Å². The summed E-state index contributed by atoms with van der Waals surface area (Å²) < 4.78 is 59.9. The molecule has 0 bridgehead atoms. The molecule has 0 amide bonds. The predicted octanol–water partition coefficient (Wildman–Crippen LogP) is 4.49. The second kappa shape index (κ2) is 7.23. The Morgan fingerprint density at radius 1 is 1.17 bits per heavy atom. The highest BCUT2D eigenvalue weighted by Gasteiger charge is 2.34. The van der Waals surface area contributed by atoms with Gasteiger partial charge in [-0.3, -0.25) is 9.05 Å². The van der Waals surface area contributed by atoms with E-state index in [4.69, 9.17) is 29.8 Å². The van der Waals surface area contributed by atoms with Gasteiger partial charge in [0.25, 0.3) is 0 Å². The molecular weight excluding hydrogens is 368 g/mol. The van der Waals surface area contributed by atoms with Crippen LogP contribution in [0.25, 0.3) is 11.0 Å². The van der Waals surface area contributed by atoms with Crippen LogP contribution in [0.3, 0.4) is 0 Å². The van der Waals surface area contributed by atoms with Crippen molar-refractivity contribution in [2.75, 3.05) is 13.2 Å². The van der Waals surface area contributed by atoms with E-state index in [2.05, 4.69) is 0 Å². The topological polar surface area (TPSA) is 57.9 Å².